The number of hydrogen-bond acceptors (Lipinski definition) is 3. The first kappa shape index (κ1) is 7.94. The summed E-state index contributed by atoms with van der Waals surface area (Å²) in [4.78, 5) is 0. The van der Waals surface area contributed by atoms with Crippen LogP contribution in [0.2, 0.25) is 0 Å². The average Bonchev–Trinajstić information content (AvgIpc) is 1.66. The topological polar surface area (TPSA) is 52.5 Å². The van der Waals surface area contributed by atoms with Gasteiger partial charge in [-0.15, -0.1) is 0 Å². The Morgan fingerprint density at radius 1 is 1.50 bits per heavy atom. The molecule has 0 fully saturated rings. The molecular weight excluding hydrogens is 105 g/mol. The molecule has 0 aliphatic carbocycles. The van der Waals surface area contributed by atoms with Crippen molar-refractivity contribution < 1.29 is 10.0 Å². The van der Waals surface area contributed by atoms with Gasteiger partial charge < -0.3 is 15.3 Å². The highest BCUT2D eigenvalue weighted by Crippen LogP contribution is 1.80. The van der Waals surface area contributed by atoms with E-state index < -0.39 is 7.25 Å². The number of hydrogen-bond donors (Lipinski definition) is 3. The summed E-state index contributed by atoms with van der Waals surface area (Å²) in [6, 6.07) is 0. The second-order valence-corrected chi connectivity index (χ2v) is 1.68. The number of nitrogens with one attached hydrogen (secondary N) is 1. The van der Waals surface area contributed by atoms with Gasteiger partial charge in [0.25, 0.3) is 0 Å². The SMILES string of the molecule is CCCCNB(O)O. The van der Waals surface area contributed by atoms with Crippen LogP contribution < -0.4 is 5.23 Å². The Balaban J connectivity index is 2.72. The quantitative estimate of drug-likeness (QED) is 0.338. The van der Waals surface area contributed by atoms with Crippen molar-refractivity contribution in [2.45, 2.75) is 19.8 Å². The summed E-state index contributed by atoms with van der Waals surface area (Å²) in [6.45, 7) is 2.72. The lowest BCUT2D eigenvalue weighted by Crippen LogP contribution is -2.34. The zero-order valence-corrected chi connectivity index (χ0v) is 5.09. The molecular formula is C4H12BNO2. The summed E-state index contributed by atoms with van der Waals surface area (Å²) in [5, 5.41) is 18.9. The third kappa shape index (κ3) is 5.94. The van der Waals surface area contributed by atoms with Crippen LogP contribution in [-0.4, -0.2) is 23.8 Å². The molecule has 4 heteroatoms. The molecule has 0 aromatic carbocycles. The molecule has 0 rings (SSSR count). The fraction of sp³-hybridized carbons (Fsp3) is 1.00. The van der Waals surface area contributed by atoms with Crippen molar-refractivity contribution in [3.8, 4) is 0 Å². The maximum Gasteiger partial charge on any atom is 0.549 e. The van der Waals surface area contributed by atoms with Crippen LogP contribution in [0, 0.1) is 0 Å². The fourth-order valence-electron chi connectivity index (χ4n) is 0.408. The van der Waals surface area contributed by atoms with E-state index in [9.17, 15) is 0 Å². The van der Waals surface area contributed by atoms with Gasteiger partial charge in [-0.1, -0.05) is 13.3 Å². The van der Waals surface area contributed by atoms with E-state index in [2.05, 4.69) is 5.23 Å². The van der Waals surface area contributed by atoms with Crippen LogP contribution in [0.25, 0.3) is 0 Å². The van der Waals surface area contributed by atoms with E-state index in [0.29, 0.717) is 6.54 Å². The predicted molar refractivity (Wildman–Crippen MR) is 33.1 cm³/mol. The molecule has 3 N–H and O–H groups in total. The van der Waals surface area contributed by atoms with Gasteiger partial charge in [-0.3, -0.25) is 0 Å². The van der Waals surface area contributed by atoms with Gasteiger partial charge in [0.2, 0.25) is 0 Å². The second kappa shape index (κ2) is 5.09. The highest BCUT2D eigenvalue weighted by molar-refractivity contribution is 6.37. The Labute approximate surface area is 49.9 Å². The maximum absolute atomic E-state index is 8.22. The highest BCUT2D eigenvalue weighted by Gasteiger charge is 2.02. The molecule has 0 aromatic heterocycles. The molecule has 0 radical (unpaired) electrons. The zero-order valence-electron chi connectivity index (χ0n) is 5.09. The molecule has 48 valence electrons. The minimum Gasteiger partial charge on any atom is -0.413 e. The van der Waals surface area contributed by atoms with Crippen molar-refractivity contribution in [1.82, 2.24) is 5.23 Å². The van der Waals surface area contributed by atoms with Gasteiger partial charge in [0.05, 0.1) is 0 Å². The molecule has 0 spiro atoms. The predicted octanol–water partition coefficient (Wildman–Crippen LogP) is -0.654. The fourth-order valence-corrected chi connectivity index (χ4v) is 0.408. The summed E-state index contributed by atoms with van der Waals surface area (Å²) >= 11 is 0. The van der Waals surface area contributed by atoms with Crippen LogP contribution in [0.5, 0.6) is 0 Å². The second-order valence-electron chi connectivity index (χ2n) is 1.68. The Morgan fingerprint density at radius 3 is 2.50 bits per heavy atom. The molecule has 0 saturated heterocycles. The first-order valence-corrected chi connectivity index (χ1v) is 2.87. The van der Waals surface area contributed by atoms with Crippen LogP contribution in [0.3, 0.4) is 0 Å². The molecule has 8 heavy (non-hydrogen) atoms. The largest absolute Gasteiger partial charge is 0.549 e. The lowest BCUT2D eigenvalue weighted by molar-refractivity contribution is 0.385. The van der Waals surface area contributed by atoms with Crippen LogP contribution in [0.15, 0.2) is 0 Å². The van der Waals surface area contributed by atoms with Gasteiger partial charge in [0.1, 0.15) is 0 Å². The van der Waals surface area contributed by atoms with Crippen molar-refractivity contribution in [3.05, 3.63) is 0 Å². The molecule has 0 heterocycles. The van der Waals surface area contributed by atoms with E-state index in [1.165, 1.54) is 0 Å². The van der Waals surface area contributed by atoms with Crippen LogP contribution in [-0.2, 0) is 0 Å². The first-order chi connectivity index (χ1) is 3.77. The van der Waals surface area contributed by atoms with Crippen LogP contribution >= 0.6 is 0 Å². The van der Waals surface area contributed by atoms with E-state index in [-0.39, 0.29) is 0 Å². The Kier molecular flexibility index (Phi) is 5.05. The maximum atomic E-state index is 8.22. The van der Waals surface area contributed by atoms with E-state index in [4.69, 9.17) is 10.0 Å². The molecule has 0 aliphatic heterocycles. The molecule has 0 amide bonds. The number of unbranched alkanes of at least 4 members (excludes halogenated alkanes) is 1. The summed E-state index contributed by atoms with van der Waals surface area (Å²) in [5.74, 6) is 0. The van der Waals surface area contributed by atoms with Gasteiger partial charge in [-0.25, -0.2) is 0 Å². The van der Waals surface area contributed by atoms with Gasteiger partial charge in [-0.2, -0.15) is 0 Å². The molecule has 0 atom stereocenters. The van der Waals surface area contributed by atoms with E-state index in [1.807, 2.05) is 6.92 Å². The molecule has 0 aromatic rings. The molecule has 0 saturated carbocycles. The van der Waals surface area contributed by atoms with Gasteiger partial charge in [0, 0.05) is 0 Å². The van der Waals surface area contributed by atoms with Gasteiger partial charge >= 0.3 is 7.25 Å². The van der Waals surface area contributed by atoms with Gasteiger partial charge in [-0.05, 0) is 13.0 Å². The minimum absolute atomic E-state index is 0.675. The summed E-state index contributed by atoms with van der Waals surface area (Å²) in [6.07, 6.45) is 2.05. The normalized spacial score (nSPS) is 9.38. The third-order valence-corrected chi connectivity index (χ3v) is 0.857. The van der Waals surface area contributed by atoms with Crippen molar-refractivity contribution in [2.75, 3.05) is 6.54 Å². The molecule has 0 bridgehead atoms. The monoisotopic (exact) mass is 117 g/mol. The molecule has 0 unspecified atom stereocenters. The summed E-state index contributed by atoms with van der Waals surface area (Å²) < 4.78 is 0. The standard InChI is InChI=1S/C4H12BNO2/c1-2-3-4-6-5(7)8/h6-8H,2-4H2,1H3. The Bertz CT molecular complexity index is 51.3. The van der Waals surface area contributed by atoms with E-state index in [1.54, 1.807) is 0 Å². The Hall–Kier alpha value is -0.0551. The lowest BCUT2D eigenvalue weighted by Gasteiger charge is -1.98. The average molecular weight is 117 g/mol. The minimum atomic E-state index is -1.35. The molecule has 3 nitrogen and oxygen atoms in total. The van der Waals surface area contributed by atoms with Gasteiger partial charge in [0.15, 0.2) is 0 Å². The van der Waals surface area contributed by atoms with Crippen molar-refractivity contribution in [2.24, 2.45) is 0 Å². The zero-order chi connectivity index (χ0) is 6.41. The number of rotatable bonds is 4. The Morgan fingerprint density at radius 2 is 2.12 bits per heavy atom. The van der Waals surface area contributed by atoms with Crippen LogP contribution in [0.1, 0.15) is 19.8 Å². The van der Waals surface area contributed by atoms with Crippen molar-refractivity contribution in [1.29, 1.82) is 0 Å². The summed E-state index contributed by atoms with van der Waals surface area (Å²) in [7, 11) is -1.35. The summed E-state index contributed by atoms with van der Waals surface area (Å²) in [5.41, 5.74) is 0. The third-order valence-electron chi connectivity index (χ3n) is 0.857. The first-order valence-electron chi connectivity index (χ1n) is 2.87. The molecule has 0 aliphatic rings. The highest BCUT2D eigenvalue weighted by atomic mass is 16.4. The smallest absolute Gasteiger partial charge is 0.413 e. The van der Waals surface area contributed by atoms with Crippen LogP contribution in [0.4, 0.5) is 0 Å². The van der Waals surface area contributed by atoms with E-state index in [0.717, 1.165) is 12.8 Å². The van der Waals surface area contributed by atoms with Crippen molar-refractivity contribution in [3.63, 3.8) is 0 Å². The van der Waals surface area contributed by atoms with Crippen molar-refractivity contribution >= 4 is 7.25 Å². The van der Waals surface area contributed by atoms with E-state index >= 15 is 0 Å². The lowest BCUT2D eigenvalue weighted by atomic mass is 10.1.